The molecule has 4 heteroatoms. The zero-order valence-electron chi connectivity index (χ0n) is 8.39. The third-order valence-corrected chi connectivity index (χ3v) is 2.69. The quantitative estimate of drug-likeness (QED) is 0.743. The van der Waals surface area contributed by atoms with Crippen LogP contribution in [0.5, 0.6) is 0 Å². The molecule has 78 valence electrons. The minimum absolute atomic E-state index is 0.219. The maximum Gasteiger partial charge on any atom is 0.0615 e. The van der Waals surface area contributed by atoms with E-state index in [2.05, 4.69) is 5.10 Å². The van der Waals surface area contributed by atoms with Crippen LogP contribution < -0.4 is 0 Å². The van der Waals surface area contributed by atoms with Gasteiger partial charge in [-0.2, -0.15) is 5.10 Å². The van der Waals surface area contributed by atoms with Gasteiger partial charge in [-0.1, -0.05) is 0 Å². The van der Waals surface area contributed by atoms with Gasteiger partial charge in [0.2, 0.25) is 0 Å². The number of hydrogen-bond donors (Lipinski definition) is 1. The third kappa shape index (κ3) is 2.13. The molecule has 0 aliphatic carbocycles. The van der Waals surface area contributed by atoms with Gasteiger partial charge in [-0.25, -0.2) is 0 Å². The molecule has 4 nitrogen and oxygen atoms in total. The first-order valence-corrected chi connectivity index (χ1v) is 4.99. The summed E-state index contributed by atoms with van der Waals surface area (Å²) in [5, 5.41) is 13.8. The maximum atomic E-state index is 9.73. The average molecular weight is 196 g/mol. The highest BCUT2D eigenvalue weighted by molar-refractivity contribution is 5.05. The summed E-state index contributed by atoms with van der Waals surface area (Å²) < 4.78 is 7.13. The summed E-state index contributed by atoms with van der Waals surface area (Å²) in [6.45, 7) is 1.35. The molecule has 1 aliphatic heterocycles. The lowest BCUT2D eigenvalue weighted by Crippen LogP contribution is -2.33. The second kappa shape index (κ2) is 4.11. The molecule has 1 N–H and O–H groups in total. The lowest BCUT2D eigenvalue weighted by atomic mass is 9.93. The van der Waals surface area contributed by atoms with Crippen molar-refractivity contribution in [3.63, 3.8) is 0 Å². The molecule has 0 radical (unpaired) electrons. The van der Waals surface area contributed by atoms with E-state index >= 15 is 0 Å². The van der Waals surface area contributed by atoms with Crippen LogP contribution in [0.4, 0.5) is 0 Å². The normalized spacial score (nSPS) is 27.9. The SMILES string of the molecule is Cn1cc(CC2COCCC2O)cn1. The molecule has 1 fully saturated rings. The van der Waals surface area contributed by atoms with E-state index in [9.17, 15) is 5.11 Å². The van der Waals surface area contributed by atoms with Gasteiger partial charge in [0.05, 0.1) is 18.9 Å². The van der Waals surface area contributed by atoms with Gasteiger partial charge in [-0.3, -0.25) is 4.68 Å². The van der Waals surface area contributed by atoms with Crippen molar-refractivity contribution in [2.45, 2.75) is 18.9 Å². The van der Waals surface area contributed by atoms with Gasteiger partial charge in [0.15, 0.2) is 0 Å². The summed E-state index contributed by atoms with van der Waals surface area (Å²) in [5.74, 6) is 0.230. The molecule has 2 heterocycles. The molecule has 14 heavy (non-hydrogen) atoms. The Balaban J connectivity index is 1.95. The number of nitrogens with zero attached hydrogens (tertiary/aromatic N) is 2. The predicted octanol–water partition coefficient (Wildman–Crippen LogP) is 0.360. The summed E-state index contributed by atoms with van der Waals surface area (Å²) in [6.07, 6.45) is 5.23. The van der Waals surface area contributed by atoms with Crippen molar-refractivity contribution < 1.29 is 9.84 Å². The summed E-state index contributed by atoms with van der Waals surface area (Å²) in [5.41, 5.74) is 1.17. The zero-order valence-corrected chi connectivity index (χ0v) is 8.39. The minimum Gasteiger partial charge on any atom is -0.393 e. The molecule has 0 amide bonds. The number of ether oxygens (including phenoxy) is 1. The van der Waals surface area contributed by atoms with Crippen molar-refractivity contribution >= 4 is 0 Å². The first-order valence-electron chi connectivity index (χ1n) is 4.99. The van der Waals surface area contributed by atoms with Crippen LogP contribution in [0.1, 0.15) is 12.0 Å². The van der Waals surface area contributed by atoms with Gasteiger partial charge in [0, 0.05) is 25.8 Å². The second-order valence-electron chi connectivity index (χ2n) is 3.92. The Labute approximate surface area is 83.5 Å². The van der Waals surface area contributed by atoms with E-state index in [4.69, 9.17) is 4.74 Å². The fraction of sp³-hybridized carbons (Fsp3) is 0.700. The molecule has 0 bridgehead atoms. The molecular weight excluding hydrogens is 180 g/mol. The lowest BCUT2D eigenvalue weighted by molar-refractivity contribution is -0.0350. The highest BCUT2D eigenvalue weighted by Gasteiger charge is 2.24. The summed E-state index contributed by atoms with van der Waals surface area (Å²) in [7, 11) is 1.90. The molecule has 0 saturated carbocycles. The fourth-order valence-electron chi connectivity index (χ4n) is 1.86. The highest BCUT2D eigenvalue weighted by atomic mass is 16.5. The number of aliphatic hydroxyl groups excluding tert-OH is 1. The van der Waals surface area contributed by atoms with Crippen LogP contribution in [0.25, 0.3) is 0 Å². The molecular formula is C10H16N2O2. The van der Waals surface area contributed by atoms with Gasteiger partial charge in [0.25, 0.3) is 0 Å². The molecule has 2 atom stereocenters. The van der Waals surface area contributed by atoms with Crippen molar-refractivity contribution in [2.75, 3.05) is 13.2 Å². The van der Waals surface area contributed by atoms with E-state index in [0.29, 0.717) is 13.2 Å². The van der Waals surface area contributed by atoms with Gasteiger partial charge in [0.1, 0.15) is 0 Å². The monoisotopic (exact) mass is 196 g/mol. The Morgan fingerprint density at radius 3 is 3.21 bits per heavy atom. The van der Waals surface area contributed by atoms with Crippen molar-refractivity contribution in [2.24, 2.45) is 13.0 Å². The second-order valence-corrected chi connectivity index (χ2v) is 3.92. The molecule has 1 aliphatic rings. The topological polar surface area (TPSA) is 47.3 Å². The van der Waals surface area contributed by atoms with Crippen molar-refractivity contribution in [3.8, 4) is 0 Å². The lowest BCUT2D eigenvalue weighted by Gasteiger charge is -2.27. The van der Waals surface area contributed by atoms with E-state index in [1.165, 1.54) is 5.56 Å². The number of aryl methyl sites for hydroxylation is 1. The largest absolute Gasteiger partial charge is 0.393 e. The van der Waals surface area contributed by atoms with E-state index in [1.807, 2.05) is 19.4 Å². The Morgan fingerprint density at radius 1 is 1.71 bits per heavy atom. The number of hydrogen-bond acceptors (Lipinski definition) is 3. The number of rotatable bonds is 2. The Bertz CT molecular complexity index is 298. The molecule has 1 aromatic heterocycles. The third-order valence-electron chi connectivity index (χ3n) is 2.69. The molecule has 1 aromatic rings. The Kier molecular flexibility index (Phi) is 2.84. The zero-order chi connectivity index (χ0) is 9.97. The van der Waals surface area contributed by atoms with Crippen molar-refractivity contribution in [1.29, 1.82) is 0 Å². The highest BCUT2D eigenvalue weighted by Crippen LogP contribution is 2.19. The molecule has 2 rings (SSSR count). The van der Waals surface area contributed by atoms with Crippen LogP contribution in [0, 0.1) is 5.92 Å². The predicted molar refractivity (Wildman–Crippen MR) is 51.8 cm³/mol. The van der Waals surface area contributed by atoms with E-state index < -0.39 is 0 Å². The summed E-state index contributed by atoms with van der Waals surface area (Å²) >= 11 is 0. The van der Waals surface area contributed by atoms with Gasteiger partial charge in [-0.15, -0.1) is 0 Å². The van der Waals surface area contributed by atoms with Crippen LogP contribution in [-0.4, -0.2) is 34.2 Å². The van der Waals surface area contributed by atoms with Crippen molar-refractivity contribution in [1.82, 2.24) is 9.78 Å². The minimum atomic E-state index is -0.219. The fourth-order valence-corrected chi connectivity index (χ4v) is 1.86. The van der Waals surface area contributed by atoms with Crippen LogP contribution >= 0.6 is 0 Å². The Hall–Kier alpha value is -0.870. The van der Waals surface area contributed by atoms with E-state index in [-0.39, 0.29) is 12.0 Å². The first kappa shape index (κ1) is 9.68. The van der Waals surface area contributed by atoms with Crippen LogP contribution in [0.2, 0.25) is 0 Å². The number of aliphatic hydroxyl groups is 1. The van der Waals surface area contributed by atoms with Crippen LogP contribution in [-0.2, 0) is 18.2 Å². The molecule has 2 unspecified atom stereocenters. The standard InChI is InChI=1S/C10H16N2O2/c1-12-6-8(5-11-12)4-9-7-14-3-2-10(9)13/h5-6,9-10,13H,2-4,7H2,1H3. The number of aromatic nitrogens is 2. The van der Waals surface area contributed by atoms with Gasteiger partial charge < -0.3 is 9.84 Å². The van der Waals surface area contributed by atoms with Crippen LogP contribution in [0.15, 0.2) is 12.4 Å². The molecule has 1 saturated heterocycles. The summed E-state index contributed by atoms with van der Waals surface area (Å²) in [4.78, 5) is 0. The molecule has 0 spiro atoms. The van der Waals surface area contributed by atoms with Crippen molar-refractivity contribution in [3.05, 3.63) is 18.0 Å². The first-order chi connectivity index (χ1) is 6.75. The summed E-state index contributed by atoms with van der Waals surface area (Å²) in [6, 6.07) is 0. The van der Waals surface area contributed by atoms with E-state index in [1.54, 1.807) is 4.68 Å². The average Bonchev–Trinajstić information content (AvgIpc) is 2.56. The van der Waals surface area contributed by atoms with Gasteiger partial charge >= 0.3 is 0 Å². The van der Waals surface area contributed by atoms with Gasteiger partial charge in [-0.05, 0) is 18.4 Å². The Morgan fingerprint density at radius 2 is 2.57 bits per heavy atom. The maximum absolute atomic E-state index is 9.73. The van der Waals surface area contributed by atoms with Crippen LogP contribution in [0.3, 0.4) is 0 Å². The smallest absolute Gasteiger partial charge is 0.0615 e. The molecule has 0 aromatic carbocycles. The van der Waals surface area contributed by atoms with E-state index in [0.717, 1.165) is 12.8 Å².